The molecule has 1 aromatic rings. The van der Waals surface area contributed by atoms with Crippen molar-refractivity contribution in [1.29, 1.82) is 0 Å². The summed E-state index contributed by atoms with van der Waals surface area (Å²) in [6.07, 6.45) is 3.05. The fourth-order valence-electron chi connectivity index (χ4n) is 2.32. The third-order valence-electron chi connectivity index (χ3n) is 3.42. The number of rotatable bonds is 5. The van der Waals surface area contributed by atoms with Crippen molar-refractivity contribution in [1.82, 2.24) is 20.7 Å². The minimum absolute atomic E-state index is 0.212. The highest BCUT2D eigenvalue weighted by Crippen LogP contribution is 2.10. The zero-order valence-electron chi connectivity index (χ0n) is 12.6. The average molecular weight is 293 g/mol. The molecule has 2 heterocycles. The highest BCUT2D eigenvalue weighted by molar-refractivity contribution is 5.80. The minimum Gasteiger partial charge on any atom is -0.364 e. The third-order valence-corrected chi connectivity index (χ3v) is 3.42. The first-order valence-electron chi connectivity index (χ1n) is 7.44. The van der Waals surface area contributed by atoms with E-state index in [4.69, 9.17) is 4.52 Å². The number of hydrogen-bond acceptors (Lipinski definition) is 4. The van der Waals surface area contributed by atoms with Crippen molar-refractivity contribution in [3.8, 4) is 0 Å². The molecule has 0 spiro atoms. The quantitative estimate of drug-likeness (QED) is 0.618. The number of guanidine groups is 1. The van der Waals surface area contributed by atoms with Crippen LogP contribution in [0.1, 0.15) is 32.4 Å². The van der Waals surface area contributed by atoms with Crippen molar-refractivity contribution in [2.75, 3.05) is 19.6 Å². The lowest BCUT2D eigenvalue weighted by molar-refractivity contribution is -0.129. The van der Waals surface area contributed by atoms with Gasteiger partial charge in [0.15, 0.2) is 5.96 Å². The van der Waals surface area contributed by atoms with Gasteiger partial charge in [0.05, 0.1) is 6.54 Å². The summed E-state index contributed by atoms with van der Waals surface area (Å²) in [7, 11) is 0. The molecule has 2 rings (SSSR count). The maximum Gasteiger partial charge on any atom is 0.222 e. The molecule has 7 heteroatoms. The van der Waals surface area contributed by atoms with Gasteiger partial charge in [-0.3, -0.25) is 4.79 Å². The molecule has 0 aromatic carbocycles. The molecule has 1 aromatic heterocycles. The second-order valence-electron chi connectivity index (χ2n) is 5.01. The van der Waals surface area contributed by atoms with Crippen molar-refractivity contribution >= 4 is 11.9 Å². The van der Waals surface area contributed by atoms with Crippen LogP contribution in [0.5, 0.6) is 0 Å². The summed E-state index contributed by atoms with van der Waals surface area (Å²) in [5.74, 6) is 0.958. The lowest BCUT2D eigenvalue weighted by Gasteiger charge is -2.18. The molecule has 1 saturated heterocycles. The molecule has 21 heavy (non-hydrogen) atoms. The maximum atomic E-state index is 11.7. The van der Waals surface area contributed by atoms with Crippen molar-refractivity contribution in [3.05, 3.63) is 18.0 Å². The summed E-state index contributed by atoms with van der Waals surface area (Å²) in [5, 5.41) is 10.4. The van der Waals surface area contributed by atoms with E-state index in [-0.39, 0.29) is 11.9 Å². The predicted molar refractivity (Wildman–Crippen MR) is 79.7 cm³/mol. The van der Waals surface area contributed by atoms with Crippen molar-refractivity contribution in [3.63, 3.8) is 0 Å². The number of nitrogens with zero attached hydrogens (tertiary/aromatic N) is 3. The fraction of sp³-hybridized carbons (Fsp3) is 0.643. The van der Waals surface area contributed by atoms with Gasteiger partial charge >= 0.3 is 0 Å². The Morgan fingerprint density at radius 1 is 1.57 bits per heavy atom. The van der Waals surface area contributed by atoms with Crippen LogP contribution in [-0.2, 0) is 11.3 Å². The largest absolute Gasteiger partial charge is 0.364 e. The number of aliphatic imine (C=N–C) groups is 1. The summed E-state index contributed by atoms with van der Waals surface area (Å²) in [5.41, 5.74) is 0.793. The highest BCUT2D eigenvalue weighted by Gasteiger charge is 2.25. The Morgan fingerprint density at radius 3 is 3.10 bits per heavy atom. The molecular formula is C14H23N5O2. The molecule has 0 radical (unpaired) electrons. The molecule has 1 amide bonds. The Hall–Kier alpha value is -2.05. The zero-order valence-corrected chi connectivity index (χ0v) is 12.6. The van der Waals surface area contributed by atoms with Gasteiger partial charge in [0.25, 0.3) is 0 Å². The van der Waals surface area contributed by atoms with Crippen LogP contribution in [0.25, 0.3) is 0 Å². The van der Waals surface area contributed by atoms with E-state index < -0.39 is 0 Å². The smallest absolute Gasteiger partial charge is 0.222 e. The fourth-order valence-corrected chi connectivity index (χ4v) is 2.32. The van der Waals surface area contributed by atoms with E-state index in [1.807, 2.05) is 18.7 Å². The number of carbonyl (C=O) groups excluding carboxylic acids is 1. The van der Waals surface area contributed by atoms with E-state index in [1.165, 1.54) is 6.26 Å². The van der Waals surface area contributed by atoms with E-state index in [0.717, 1.165) is 37.7 Å². The maximum absolute atomic E-state index is 11.7. The Balaban J connectivity index is 1.88. The van der Waals surface area contributed by atoms with E-state index in [0.29, 0.717) is 13.0 Å². The number of likely N-dealkylation sites (tertiary alicyclic amines) is 1. The van der Waals surface area contributed by atoms with Crippen LogP contribution in [0.3, 0.4) is 0 Å². The normalized spacial score (nSPS) is 18.9. The van der Waals surface area contributed by atoms with Gasteiger partial charge in [-0.1, -0.05) is 12.1 Å². The molecule has 0 saturated carbocycles. The van der Waals surface area contributed by atoms with Crippen LogP contribution >= 0.6 is 0 Å². The molecule has 1 fully saturated rings. The molecule has 1 atom stereocenters. The first kappa shape index (κ1) is 15.3. The first-order chi connectivity index (χ1) is 10.2. The Labute approximate surface area is 124 Å². The number of amides is 1. The Kier molecular flexibility index (Phi) is 5.59. The Bertz CT molecular complexity index is 472. The van der Waals surface area contributed by atoms with Crippen LogP contribution in [0.4, 0.5) is 0 Å². The lowest BCUT2D eigenvalue weighted by Crippen LogP contribution is -2.45. The monoisotopic (exact) mass is 293 g/mol. The average Bonchev–Trinajstić information content (AvgIpc) is 3.15. The lowest BCUT2D eigenvalue weighted by atomic mass is 10.3. The first-order valence-corrected chi connectivity index (χ1v) is 7.44. The van der Waals surface area contributed by atoms with E-state index in [2.05, 4.69) is 20.8 Å². The van der Waals surface area contributed by atoms with Crippen LogP contribution in [-0.4, -0.2) is 47.6 Å². The summed E-state index contributed by atoms with van der Waals surface area (Å²) in [4.78, 5) is 18.1. The number of nitrogens with one attached hydrogen (secondary N) is 2. The van der Waals surface area contributed by atoms with Crippen LogP contribution in [0.15, 0.2) is 21.8 Å². The Morgan fingerprint density at radius 2 is 2.43 bits per heavy atom. The second kappa shape index (κ2) is 7.66. The second-order valence-corrected chi connectivity index (χ2v) is 5.01. The number of carbonyl (C=O) groups is 1. The highest BCUT2D eigenvalue weighted by atomic mass is 16.5. The van der Waals surface area contributed by atoms with Gasteiger partial charge in [0.1, 0.15) is 12.0 Å². The van der Waals surface area contributed by atoms with Gasteiger partial charge in [0.2, 0.25) is 5.91 Å². The zero-order chi connectivity index (χ0) is 15.1. The number of aromatic nitrogens is 1. The molecular weight excluding hydrogens is 270 g/mol. The molecule has 0 bridgehead atoms. The van der Waals surface area contributed by atoms with Crippen LogP contribution in [0, 0.1) is 0 Å². The van der Waals surface area contributed by atoms with Crippen molar-refractivity contribution in [2.24, 2.45) is 4.99 Å². The van der Waals surface area contributed by atoms with Crippen LogP contribution in [0.2, 0.25) is 0 Å². The van der Waals surface area contributed by atoms with E-state index in [1.54, 1.807) is 6.07 Å². The van der Waals surface area contributed by atoms with Crippen molar-refractivity contribution < 1.29 is 9.32 Å². The van der Waals surface area contributed by atoms with Gasteiger partial charge < -0.3 is 20.1 Å². The summed E-state index contributed by atoms with van der Waals surface area (Å²) in [6.45, 7) is 6.72. The number of hydrogen-bond donors (Lipinski definition) is 2. The summed E-state index contributed by atoms with van der Waals surface area (Å²) < 4.78 is 4.79. The molecule has 2 N–H and O–H groups in total. The van der Waals surface area contributed by atoms with Gasteiger partial charge in [-0.25, -0.2) is 4.99 Å². The molecule has 0 aliphatic carbocycles. The van der Waals surface area contributed by atoms with Crippen molar-refractivity contribution in [2.45, 2.75) is 39.3 Å². The minimum atomic E-state index is 0.212. The topological polar surface area (TPSA) is 82.8 Å². The molecule has 7 nitrogen and oxygen atoms in total. The van der Waals surface area contributed by atoms with Gasteiger partial charge in [-0.15, -0.1) is 0 Å². The predicted octanol–water partition coefficient (Wildman–Crippen LogP) is 0.741. The SMILES string of the molecule is CCNC(=NCc1ccon1)NC1CCN(C(=O)CC)C1. The molecule has 1 aliphatic heterocycles. The van der Waals surface area contributed by atoms with E-state index >= 15 is 0 Å². The summed E-state index contributed by atoms with van der Waals surface area (Å²) >= 11 is 0. The third kappa shape index (κ3) is 4.47. The van der Waals surface area contributed by atoms with Gasteiger partial charge in [0, 0.05) is 38.2 Å². The van der Waals surface area contributed by atoms with E-state index in [9.17, 15) is 4.79 Å². The van der Waals surface area contributed by atoms with Crippen LogP contribution < -0.4 is 10.6 Å². The standard InChI is InChI=1S/C14H23N5O2/c1-3-13(20)19-7-5-12(10-19)17-14(15-4-2)16-9-11-6-8-21-18-11/h6,8,12H,3-5,7,9-10H2,1-2H3,(H2,15,16,17). The molecule has 116 valence electrons. The van der Waals surface area contributed by atoms with Gasteiger partial charge in [-0.2, -0.15) is 0 Å². The van der Waals surface area contributed by atoms with Gasteiger partial charge in [-0.05, 0) is 13.3 Å². The molecule has 1 aliphatic rings. The molecule has 1 unspecified atom stereocenters. The summed E-state index contributed by atoms with van der Waals surface area (Å²) in [6, 6.07) is 2.04.